The number of carbonyl (C=O) groups excluding carboxylic acids is 2. The van der Waals surface area contributed by atoms with E-state index in [0.717, 1.165) is 24.0 Å². The lowest BCUT2D eigenvalue weighted by molar-refractivity contribution is -0.153. The molecule has 1 N–H and O–H groups in total. The molecule has 144 valence electrons. The molecule has 1 aliphatic rings. The van der Waals surface area contributed by atoms with Crippen molar-refractivity contribution in [3.8, 4) is 0 Å². The number of hydrogen-bond donors (Lipinski definition) is 1. The molecule has 1 aliphatic carbocycles. The maximum Gasteiger partial charge on any atom is 0.338 e. The first-order chi connectivity index (χ1) is 11.9. The third-order valence-electron chi connectivity index (χ3n) is 4.22. The molecule has 0 radical (unpaired) electrons. The summed E-state index contributed by atoms with van der Waals surface area (Å²) in [5.41, 5.74) is 2.92. The molecule has 0 saturated heterocycles. The molecule has 1 unspecified atom stereocenters. The minimum atomic E-state index is -0.514. The molecule has 0 spiro atoms. The van der Waals surface area contributed by atoms with Gasteiger partial charge in [0, 0.05) is 6.04 Å². The zero-order valence-electron chi connectivity index (χ0n) is 17.0. The monoisotopic (exact) mass is 361 g/mol. The van der Waals surface area contributed by atoms with Gasteiger partial charge in [0.25, 0.3) is 0 Å². The summed E-state index contributed by atoms with van der Waals surface area (Å²) in [6.45, 7) is 13.3. The minimum Gasteiger partial charge on any atom is -0.459 e. The molecular weight excluding hydrogens is 330 g/mol. The first-order valence-electron chi connectivity index (χ1n) is 9.18. The second kappa shape index (κ2) is 7.39. The lowest BCUT2D eigenvalue weighted by Gasteiger charge is -2.22. The molecule has 0 fully saturated rings. The van der Waals surface area contributed by atoms with Crippen LogP contribution in [0.1, 0.15) is 81.1 Å². The number of ether oxygens (including phenoxy) is 2. The molecule has 26 heavy (non-hydrogen) atoms. The average Bonchev–Trinajstić information content (AvgIpc) is 2.85. The van der Waals surface area contributed by atoms with E-state index in [1.54, 1.807) is 0 Å². The number of rotatable bonds is 4. The largest absolute Gasteiger partial charge is 0.459 e. The van der Waals surface area contributed by atoms with E-state index >= 15 is 0 Å². The topological polar surface area (TPSA) is 64.6 Å². The van der Waals surface area contributed by atoms with Gasteiger partial charge in [0.2, 0.25) is 0 Å². The van der Waals surface area contributed by atoms with Crippen LogP contribution in [0.25, 0.3) is 0 Å². The second-order valence-electron chi connectivity index (χ2n) is 8.87. The van der Waals surface area contributed by atoms with Crippen LogP contribution in [0.4, 0.5) is 0 Å². The van der Waals surface area contributed by atoms with Gasteiger partial charge in [-0.05, 0) is 84.1 Å². The standard InChI is InChI=1S/C21H31NO4/c1-13-14-10-11-17(22-12-18(23)25-20(2,3)4)16(14)9-8-15(13)19(24)26-21(5,6)7/h8-9,17,22H,10-12H2,1-7H3. The molecule has 0 amide bonds. The molecule has 5 nitrogen and oxygen atoms in total. The molecule has 1 aromatic carbocycles. The Morgan fingerprint density at radius 2 is 1.69 bits per heavy atom. The highest BCUT2D eigenvalue weighted by Gasteiger charge is 2.28. The van der Waals surface area contributed by atoms with Gasteiger partial charge < -0.3 is 14.8 Å². The summed E-state index contributed by atoms with van der Waals surface area (Å²) in [5.74, 6) is -0.545. The van der Waals surface area contributed by atoms with Crippen molar-refractivity contribution in [2.75, 3.05) is 6.54 Å². The highest BCUT2D eigenvalue weighted by molar-refractivity contribution is 5.92. The number of hydrogen-bond acceptors (Lipinski definition) is 5. The van der Waals surface area contributed by atoms with Gasteiger partial charge in [-0.2, -0.15) is 0 Å². The van der Waals surface area contributed by atoms with Gasteiger partial charge in [-0.1, -0.05) is 6.07 Å². The van der Waals surface area contributed by atoms with Crippen molar-refractivity contribution >= 4 is 11.9 Å². The van der Waals surface area contributed by atoms with Crippen LogP contribution < -0.4 is 5.32 Å². The predicted octanol–water partition coefficient (Wildman–Crippen LogP) is 3.87. The molecule has 0 saturated carbocycles. The number of fused-ring (bicyclic) bond motifs is 1. The van der Waals surface area contributed by atoms with Gasteiger partial charge in [-0.25, -0.2) is 4.79 Å². The summed E-state index contributed by atoms with van der Waals surface area (Å²) in [6.07, 6.45) is 1.78. The van der Waals surface area contributed by atoms with Gasteiger partial charge >= 0.3 is 11.9 Å². The van der Waals surface area contributed by atoms with Crippen molar-refractivity contribution < 1.29 is 19.1 Å². The van der Waals surface area contributed by atoms with E-state index in [4.69, 9.17) is 9.47 Å². The molecule has 1 aromatic rings. The molecule has 2 rings (SSSR count). The Labute approximate surface area is 156 Å². The Hall–Kier alpha value is -1.88. The second-order valence-corrected chi connectivity index (χ2v) is 8.87. The fraction of sp³-hybridized carbons (Fsp3) is 0.619. The number of esters is 2. The van der Waals surface area contributed by atoms with Crippen molar-refractivity contribution in [1.82, 2.24) is 5.32 Å². The van der Waals surface area contributed by atoms with Crippen LogP contribution in [0.5, 0.6) is 0 Å². The molecule has 0 bridgehead atoms. The highest BCUT2D eigenvalue weighted by Crippen LogP contribution is 2.35. The van der Waals surface area contributed by atoms with E-state index < -0.39 is 11.2 Å². The SMILES string of the molecule is Cc1c(C(=O)OC(C)(C)C)ccc2c1CCC2NCC(=O)OC(C)(C)C. The molecule has 0 aliphatic heterocycles. The summed E-state index contributed by atoms with van der Waals surface area (Å²) >= 11 is 0. The maximum absolute atomic E-state index is 12.4. The Morgan fingerprint density at radius 1 is 1.08 bits per heavy atom. The number of nitrogens with one attached hydrogen (secondary N) is 1. The predicted molar refractivity (Wildman–Crippen MR) is 101 cm³/mol. The van der Waals surface area contributed by atoms with E-state index in [-0.39, 0.29) is 24.5 Å². The zero-order chi connectivity index (χ0) is 19.7. The van der Waals surface area contributed by atoms with Crippen molar-refractivity contribution in [1.29, 1.82) is 0 Å². The Balaban J connectivity index is 2.09. The van der Waals surface area contributed by atoms with Crippen molar-refractivity contribution in [3.63, 3.8) is 0 Å². The summed E-state index contributed by atoms with van der Waals surface area (Å²) < 4.78 is 10.8. The normalized spacial score (nSPS) is 17.0. The molecule has 0 heterocycles. The third kappa shape index (κ3) is 5.31. The van der Waals surface area contributed by atoms with Crippen LogP contribution in [0, 0.1) is 6.92 Å². The fourth-order valence-electron chi connectivity index (χ4n) is 3.23. The highest BCUT2D eigenvalue weighted by atomic mass is 16.6. The molecular formula is C21H31NO4. The van der Waals surface area contributed by atoms with E-state index in [1.807, 2.05) is 60.6 Å². The molecule has 1 atom stereocenters. The molecule has 5 heteroatoms. The summed E-state index contributed by atoms with van der Waals surface area (Å²) in [5, 5.41) is 3.28. The van der Waals surface area contributed by atoms with E-state index in [0.29, 0.717) is 5.56 Å². The van der Waals surface area contributed by atoms with E-state index in [2.05, 4.69) is 5.32 Å². The Bertz CT molecular complexity index is 695. The summed E-state index contributed by atoms with van der Waals surface area (Å²) in [4.78, 5) is 24.3. The van der Waals surface area contributed by atoms with Gasteiger partial charge in [-0.15, -0.1) is 0 Å². The Kier molecular flexibility index (Phi) is 5.81. The van der Waals surface area contributed by atoms with Crippen LogP contribution in [-0.2, 0) is 20.7 Å². The van der Waals surface area contributed by atoms with Crippen LogP contribution in [0.3, 0.4) is 0 Å². The van der Waals surface area contributed by atoms with Crippen molar-refractivity contribution in [2.24, 2.45) is 0 Å². The van der Waals surface area contributed by atoms with Crippen LogP contribution >= 0.6 is 0 Å². The summed E-state index contributed by atoms with van der Waals surface area (Å²) in [7, 11) is 0. The number of benzene rings is 1. The average molecular weight is 361 g/mol. The molecule has 0 aromatic heterocycles. The lowest BCUT2D eigenvalue weighted by atomic mass is 9.97. The van der Waals surface area contributed by atoms with Gasteiger partial charge in [-0.3, -0.25) is 4.79 Å². The Morgan fingerprint density at radius 3 is 2.27 bits per heavy atom. The number of carbonyl (C=O) groups is 2. The van der Waals surface area contributed by atoms with Gasteiger partial charge in [0.05, 0.1) is 12.1 Å². The third-order valence-corrected chi connectivity index (χ3v) is 4.22. The summed E-state index contributed by atoms with van der Waals surface area (Å²) in [6, 6.07) is 3.90. The van der Waals surface area contributed by atoms with E-state index in [9.17, 15) is 9.59 Å². The van der Waals surface area contributed by atoms with E-state index in [1.165, 1.54) is 5.56 Å². The van der Waals surface area contributed by atoms with Crippen LogP contribution in [0.15, 0.2) is 12.1 Å². The fourth-order valence-corrected chi connectivity index (χ4v) is 3.23. The first kappa shape index (κ1) is 20.4. The maximum atomic E-state index is 12.4. The zero-order valence-corrected chi connectivity index (χ0v) is 17.0. The first-order valence-corrected chi connectivity index (χ1v) is 9.18. The van der Waals surface area contributed by atoms with Crippen LogP contribution in [0.2, 0.25) is 0 Å². The lowest BCUT2D eigenvalue weighted by Crippen LogP contribution is -2.33. The van der Waals surface area contributed by atoms with Crippen molar-refractivity contribution in [2.45, 2.75) is 78.6 Å². The van der Waals surface area contributed by atoms with Crippen molar-refractivity contribution in [3.05, 3.63) is 34.4 Å². The minimum absolute atomic E-state index is 0.101. The van der Waals surface area contributed by atoms with Gasteiger partial charge in [0.1, 0.15) is 11.2 Å². The quantitative estimate of drug-likeness (QED) is 0.825. The van der Waals surface area contributed by atoms with Crippen LogP contribution in [-0.4, -0.2) is 29.7 Å². The smallest absolute Gasteiger partial charge is 0.338 e. The van der Waals surface area contributed by atoms with Gasteiger partial charge in [0.15, 0.2) is 0 Å².